The Kier molecular flexibility index (Phi) is 6.80. The fourth-order valence-corrected chi connectivity index (χ4v) is 6.11. The first-order chi connectivity index (χ1) is 16.9. The fraction of sp³-hybridized carbons (Fsp3) is 0.250. The average Bonchev–Trinajstić information content (AvgIpc) is 3.32. The molecule has 1 aliphatic heterocycles. The number of aromatic nitrogens is 1. The van der Waals surface area contributed by atoms with Crippen LogP contribution in [0.3, 0.4) is 0 Å². The van der Waals surface area contributed by atoms with Gasteiger partial charge in [0, 0.05) is 17.6 Å². The number of nitrogens with zero attached hydrogens (tertiary/aromatic N) is 2. The van der Waals surface area contributed by atoms with Gasteiger partial charge in [-0.15, -0.1) is 0 Å². The van der Waals surface area contributed by atoms with Crippen LogP contribution < -0.4 is 4.90 Å². The van der Waals surface area contributed by atoms with Gasteiger partial charge in [-0.1, -0.05) is 83.5 Å². The van der Waals surface area contributed by atoms with Crippen LogP contribution in [0.4, 0.5) is 5.88 Å². The zero-order valence-electron chi connectivity index (χ0n) is 19.5. The van der Waals surface area contributed by atoms with Crippen molar-refractivity contribution in [1.82, 2.24) is 4.98 Å². The number of hydrogen-bond acceptors (Lipinski definition) is 5. The molecule has 1 aromatic heterocycles. The van der Waals surface area contributed by atoms with Crippen LogP contribution in [-0.2, 0) is 9.84 Å². The first-order valence-electron chi connectivity index (χ1n) is 11.8. The number of halogens is 1. The van der Waals surface area contributed by atoms with Crippen molar-refractivity contribution in [3.8, 4) is 0 Å². The second-order valence-corrected chi connectivity index (χ2v) is 11.8. The molecule has 0 N–H and O–H groups in total. The minimum atomic E-state index is -3.89. The molecule has 4 aromatic rings. The van der Waals surface area contributed by atoms with Crippen molar-refractivity contribution in [3.05, 3.63) is 106 Å². The Bertz CT molecular complexity index is 1340. The van der Waals surface area contributed by atoms with Crippen LogP contribution >= 0.6 is 15.9 Å². The standard InChI is InChI=1S/C28H27BrN2O3S/c1-20-16-18-31(19-17-20)28-27(35(32,33)24-14-12-23(29)13-15-24)30-26(34-28)25(21-8-4-2-5-9-21)22-10-6-3-7-11-22/h2-15,20,25H,16-19H2,1H3. The van der Waals surface area contributed by atoms with Gasteiger partial charge in [-0.25, -0.2) is 8.42 Å². The van der Waals surface area contributed by atoms with Gasteiger partial charge < -0.3 is 9.32 Å². The molecule has 0 saturated carbocycles. The highest BCUT2D eigenvalue weighted by Crippen LogP contribution is 2.39. The van der Waals surface area contributed by atoms with E-state index in [9.17, 15) is 8.42 Å². The van der Waals surface area contributed by atoms with Crippen molar-refractivity contribution in [1.29, 1.82) is 0 Å². The molecule has 0 amide bonds. The Hall–Kier alpha value is -2.90. The van der Waals surface area contributed by atoms with Crippen molar-refractivity contribution in [2.45, 2.75) is 35.6 Å². The topological polar surface area (TPSA) is 63.4 Å². The summed E-state index contributed by atoms with van der Waals surface area (Å²) in [5.74, 6) is 0.994. The van der Waals surface area contributed by atoms with E-state index in [1.165, 1.54) is 0 Å². The van der Waals surface area contributed by atoms with E-state index in [4.69, 9.17) is 9.40 Å². The highest BCUT2D eigenvalue weighted by molar-refractivity contribution is 9.10. The summed E-state index contributed by atoms with van der Waals surface area (Å²) in [5.41, 5.74) is 1.98. The first-order valence-corrected chi connectivity index (χ1v) is 14.1. The number of piperidine rings is 1. The second-order valence-electron chi connectivity index (χ2n) is 9.04. The fourth-order valence-electron chi connectivity index (χ4n) is 4.52. The Morgan fingerprint density at radius 3 is 1.97 bits per heavy atom. The van der Waals surface area contributed by atoms with Crippen molar-refractivity contribution < 1.29 is 12.8 Å². The molecule has 1 fully saturated rings. The highest BCUT2D eigenvalue weighted by Gasteiger charge is 2.35. The Morgan fingerprint density at radius 1 is 0.886 bits per heavy atom. The maximum Gasteiger partial charge on any atom is 0.236 e. The molecule has 0 aliphatic carbocycles. The zero-order valence-corrected chi connectivity index (χ0v) is 21.9. The lowest BCUT2D eigenvalue weighted by Gasteiger charge is -2.30. The molecule has 1 aliphatic rings. The molecule has 180 valence electrons. The number of anilines is 1. The summed E-state index contributed by atoms with van der Waals surface area (Å²) < 4.78 is 34.9. The Morgan fingerprint density at radius 2 is 1.43 bits per heavy atom. The average molecular weight is 552 g/mol. The molecule has 35 heavy (non-hydrogen) atoms. The van der Waals surface area contributed by atoms with Crippen LogP contribution in [0.1, 0.15) is 42.7 Å². The van der Waals surface area contributed by atoms with Gasteiger partial charge >= 0.3 is 0 Å². The summed E-state index contributed by atoms with van der Waals surface area (Å²) in [6.45, 7) is 3.70. The predicted molar refractivity (Wildman–Crippen MR) is 141 cm³/mol. The zero-order chi connectivity index (χ0) is 24.4. The minimum absolute atomic E-state index is 0.0127. The van der Waals surface area contributed by atoms with Crippen LogP contribution in [0, 0.1) is 5.92 Å². The number of oxazole rings is 1. The molecule has 7 heteroatoms. The molecule has 1 saturated heterocycles. The van der Waals surface area contributed by atoms with Crippen molar-refractivity contribution in [2.75, 3.05) is 18.0 Å². The van der Waals surface area contributed by atoms with Gasteiger partial charge in [0.05, 0.1) is 10.8 Å². The lowest BCUT2D eigenvalue weighted by atomic mass is 9.91. The Labute approximate surface area is 214 Å². The normalized spacial score (nSPS) is 15.0. The van der Waals surface area contributed by atoms with E-state index in [1.807, 2.05) is 65.6 Å². The van der Waals surface area contributed by atoms with Crippen molar-refractivity contribution in [3.63, 3.8) is 0 Å². The molecule has 5 nitrogen and oxygen atoms in total. The molecule has 0 unspecified atom stereocenters. The van der Waals surface area contributed by atoms with Crippen LogP contribution in [0.5, 0.6) is 0 Å². The van der Waals surface area contributed by atoms with Gasteiger partial charge in [0.15, 0.2) is 0 Å². The number of hydrogen-bond donors (Lipinski definition) is 0. The van der Waals surface area contributed by atoms with Crippen LogP contribution in [0.15, 0.2) is 104 Å². The van der Waals surface area contributed by atoms with E-state index >= 15 is 0 Å². The maximum atomic E-state index is 13.8. The highest BCUT2D eigenvalue weighted by atomic mass is 79.9. The van der Waals surface area contributed by atoms with Crippen LogP contribution in [-0.4, -0.2) is 26.5 Å². The molecular formula is C28H27BrN2O3S. The monoisotopic (exact) mass is 550 g/mol. The van der Waals surface area contributed by atoms with Gasteiger partial charge in [-0.05, 0) is 54.2 Å². The summed E-state index contributed by atoms with van der Waals surface area (Å²) >= 11 is 3.39. The third-order valence-electron chi connectivity index (χ3n) is 6.56. The molecular weight excluding hydrogens is 524 g/mol. The Balaban J connectivity index is 1.67. The molecule has 2 heterocycles. The molecule has 0 bridgehead atoms. The smallest absolute Gasteiger partial charge is 0.236 e. The molecule has 5 rings (SSSR count). The SMILES string of the molecule is CC1CCN(c2oc(C(c3ccccc3)c3ccccc3)nc2S(=O)(=O)c2ccc(Br)cc2)CC1. The first kappa shape index (κ1) is 23.8. The van der Waals surface area contributed by atoms with Crippen LogP contribution in [0.2, 0.25) is 0 Å². The second kappa shape index (κ2) is 9.99. The molecule has 0 spiro atoms. The van der Waals surface area contributed by atoms with E-state index in [1.54, 1.807) is 24.3 Å². The van der Waals surface area contributed by atoms with Crippen molar-refractivity contribution >= 4 is 31.7 Å². The molecule has 0 atom stereocenters. The van der Waals surface area contributed by atoms with E-state index in [2.05, 4.69) is 22.9 Å². The van der Waals surface area contributed by atoms with Gasteiger partial charge in [0.2, 0.25) is 26.6 Å². The van der Waals surface area contributed by atoms with Crippen LogP contribution in [0.25, 0.3) is 0 Å². The lowest BCUT2D eigenvalue weighted by molar-refractivity contribution is 0.405. The number of benzene rings is 3. The van der Waals surface area contributed by atoms with Gasteiger partial charge in [0.1, 0.15) is 0 Å². The third-order valence-corrected chi connectivity index (χ3v) is 8.75. The lowest BCUT2D eigenvalue weighted by Crippen LogP contribution is -2.33. The summed E-state index contributed by atoms with van der Waals surface area (Å²) in [6, 6.07) is 26.6. The van der Waals surface area contributed by atoms with E-state index in [0.29, 0.717) is 17.7 Å². The number of sulfone groups is 1. The largest absolute Gasteiger partial charge is 0.423 e. The minimum Gasteiger partial charge on any atom is -0.423 e. The van der Waals surface area contributed by atoms with Gasteiger partial charge in [0.25, 0.3) is 0 Å². The quantitative estimate of drug-likeness (QED) is 0.267. The maximum absolute atomic E-state index is 13.8. The van der Waals surface area contributed by atoms with Gasteiger partial charge in [-0.2, -0.15) is 4.98 Å². The summed E-state index contributed by atoms with van der Waals surface area (Å²) in [4.78, 5) is 6.95. The van der Waals surface area contributed by atoms with E-state index in [-0.39, 0.29) is 15.8 Å². The van der Waals surface area contributed by atoms with Gasteiger partial charge in [-0.3, -0.25) is 0 Å². The summed E-state index contributed by atoms with van der Waals surface area (Å²) in [6.07, 6.45) is 1.96. The summed E-state index contributed by atoms with van der Waals surface area (Å²) in [7, 11) is -3.89. The van der Waals surface area contributed by atoms with E-state index < -0.39 is 9.84 Å². The summed E-state index contributed by atoms with van der Waals surface area (Å²) in [5, 5.41) is -0.0127. The molecule has 3 aromatic carbocycles. The van der Waals surface area contributed by atoms with E-state index in [0.717, 1.165) is 41.5 Å². The predicted octanol–water partition coefficient (Wildman–Crippen LogP) is 6.69. The number of rotatable bonds is 6. The molecule has 0 radical (unpaired) electrons. The van der Waals surface area contributed by atoms with Crippen molar-refractivity contribution in [2.24, 2.45) is 5.92 Å². The third kappa shape index (κ3) is 4.93.